The van der Waals surface area contributed by atoms with Crippen LogP contribution in [0.2, 0.25) is 0 Å². The minimum Gasteiger partial charge on any atom is -0.494 e. The molecule has 2 aromatic carbocycles. The van der Waals surface area contributed by atoms with Gasteiger partial charge in [0, 0.05) is 10.6 Å². The molecule has 0 unspecified atom stereocenters. The Hall–Kier alpha value is -3.65. The molecule has 0 aliphatic rings. The van der Waals surface area contributed by atoms with Crippen LogP contribution in [0.15, 0.2) is 59.7 Å². The van der Waals surface area contributed by atoms with Crippen LogP contribution in [0.25, 0.3) is 10.2 Å². The standard InChI is InChI=1S/C24H23N3O4S/c1-4-30-18-9-11-20(12-10-18)31-19-7-5-17(6-8-19)26-21(28)13-27-14-25-23-22(24(27)29)15(2)16(3)32-23/h5-12,14H,4,13H2,1-3H3,(H,26,28). The normalized spacial score (nSPS) is 10.8. The number of carbonyl (C=O) groups is 1. The van der Waals surface area contributed by atoms with Crippen LogP contribution in [0.4, 0.5) is 5.69 Å². The average molecular weight is 450 g/mol. The summed E-state index contributed by atoms with van der Waals surface area (Å²) < 4.78 is 12.6. The summed E-state index contributed by atoms with van der Waals surface area (Å²) in [6.45, 7) is 6.30. The van der Waals surface area contributed by atoms with E-state index in [2.05, 4.69) is 10.3 Å². The highest BCUT2D eigenvalue weighted by Crippen LogP contribution is 2.26. The number of nitrogens with one attached hydrogen (secondary N) is 1. The summed E-state index contributed by atoms with van der Waals surface area (Å²) in [7, 11) is 0. The maximum absolute atomic E-state index is 12.8. The second-order valence-electron chi connectivity index (χ2n) is 7.22. The van der Waals surface area contributed by atoms with Crippen molar-refractivity contribution >= 4 is 33.1 Å². The Morgan fingerprint density at radius 3 is 2.31 bits per heavy atom. The zero-order valence-corrected chi connectivity index (χ0v) is 18.9. The molecule has 4 rings (SSSR count). The van der Waals surface area contributed by atoms with E-state index in [1.165, 1.54) is 22.2 Å². The first kappa shape index (κ1) is 21.6. The molecule has 0 saturated carbocycles. The van der Waals surface area contributed by atoms with Crippen molar-refractivity contribution in [3.8, 4) is 17.2 Å². The molecule has 0 saturated heterocycles. The predicted octanol–water partition coefficient (Wildman–Crippen LogP) is 4.90. The highest BCUT2D eigenvalue weighted by atomic mass is 32.1. The van der Waals surface area contributed by atoms with E-state index < -0.39 is 0 Å². The molecular formula is C24H23N3O4S. The number of fused-ring (bicyclic) bond motifs is 1. The number of hydrogen-bond donors (Lipinski definition) is 1. The number of thiophene rings is 1. The SMILES string of the molecule is CCOc1ccc(Oc2ccc(NC(=O)Cn3cnc4sc(C)c(C)c4c3=O)cc2)cc1. The summed E-state index contributed by atoms with van der Waals surface area (Å²) in [6, 6.07) is 14.4. The van der Waals surface area contributed by atoms with Crippen LogP contribution in [0.3, 0.4) is 0 Å². The van der Waals surface area contributed by atoms with Crippen molar-refractivity contribution < 1.29 is 14.3 Å². The molecule has 0 spiro atoms. The van der Waals surface area contributed by atoms with Crippen molar-refractivity contribution in [1.29, 1.82) is 0 Å². The van der Waals surface area contributed by atoms with Crippen LogP contribution in [-0.2, 0) is 11.3 Å². The molecule has 32 heavy (non-hydrogen) atoms. The van der Waals surface area contributed by atoms with Gasteiger partial charge in [0.25, 0.3) is 5.56 Å². The van der Waals surface area contributed by atoms with E-state index in [9.17, 15) is 9.59 Å². The molecule has 0 aliphatic heterocycles. The maximum atomic E-state index is 12.8. The fourth-order valence-corrected chi connectivity index (χ4v) is 4.24. The third-order valence-electron chi connectivity index (χ3n) is 4.98. The lowest BCUT2D eigenvalue weighted by Crippen LogP contribution is -2.27. The van der Waals surface area contributed by atoms with Crippen LogP contribution < -0.4 is 20.3 Å². The number of rotatable bonds is 7. The number of hydrogen-bond acceptors (Lipinski definition) is 6. The Morgan fingerprint density at radius 2 is 1.66 bits per heavy atom. The summed E-state index contributed by atoms with van der Waals surface area (Å²) in [5, 5.41) is 3.38. The lowest BCUT2D eigenvalue weighted by atomic mass is 10.2. The number of benzene rings is 2. The molecule has 2 heterocycles. The molecule has 164 valence electrons. The molecule has 2 aromatic heterocycles. The van der Waals surface area contributed by atoms with Crippen molar-refractivity contribution in [2.75, 3.05) is 11.9 Å². The Labute approximate surface area is 189 Å². The molecule has 0 aliphatic carbocycles. The molecule has 7 nitrogen and oxygen atoms in total. The van der Waals surface area contributed by atoms with Crippen molar-refractivity contribution in [2.45, 2.75) is 27.3 Å². The maximum Gasteiger partial charge on any atom is 0.262 e. The summed E-state index contributed by atoms with van der Waals surface area (Å²) in [5.74, 6) is 1.81. The van der Waals surface area contributed by atoms with Crippen LogP contribution in [-0.4, -0.2) is 22.1 Å². The zero-order valence-electron chi connectivity index (χ0n) is 18.0. The highest BCUT2D eigenvalue weighted by Gasteiger charge is 2.14. The number of anilines is 1. The third kappa shape index (κ3) is 4.65. The average Bonchev–Trinajstić information content (AvgIpc) is 3.07. The van der Waals surface area contributed by atoms with Crippen molar-refractivity contribution in [3.63, 3.8) is 0 Å². The molecule has 8 heteroatoms. The molecular weight excluding hydrogens is 426 g/mol. The number of aromatic nitrogens is 2. The monoisotopic (exact) mass is 449 g/mol. The minimum atomic E-state index is -0.307. The van der Waals surface area contributed by atoms with Crippen LogP contribution in [0.1, 0.15) is 17.4 Å². The fraction of sp³-hybridized carbons (Fsp3) is 0.208. The Balaban J connectivity index is 1.40. The minimum absolute atomic E-state index is 0.111. The predicted molar refractivity (Wildman–Crippen MR) is 126 cm³/mol. The van der Waals surface area contributed by atoms with E-state index in [-0.39, 0.29) is 18.0 Å². The molecule has 0 bridgehead atoms. The number of amides is 1. The number of aryl methyl sites for hydroxylation is 2. The summed E-state index contributed by atoms with van der Waals surface area (Å²) >= 11 is 1.48. The van der Waals surface area contributed by atoms with E-state index >= 15 is 0 Å². The summed E-state index contributed by atoms with van der Waals surface area (Å²) in [4.78, 5) is 31.3. The van der Waals surface area contributed by atoms with Gasteiger partial charge < -0.3 is 14.8 Å². The van der Waals surface area contributed by atoms with E-state index in [1.54, 1.807) is 24.3 Å². The second kappa shape index (κ2) is 9.23. The van der Waals surface area contributed by atoms with Gasteiger partial charge in [-0.15, -0.1) is 11.3 Å². The molecule has 0 atom stereocenters. The number of nitrogens with zero attached hydrogens (tertiary/aromatic N) is 2. The third-order valence-corrected chi connectivity index (χ3v) is 6.09. The van der Waals surface area contributed by atoms with Crippen LogP contribution >= 0.6 is 11.3 Å². The number of carbonyl (C=O) groups excluding carboxylic acids is 1. The van der Waals surface area contributed by atoms with E-state index in [4.69, 9.17) is 9.47 Å². The van der Waals surface area contributed by atoms with E-state index in [0.717, 1.165) is 16.2 Å². The lowest BCUT2D eigenvalue weighted by molar-refractivity contribution is -0.116. The molecule has 0 radical (unpaired) electrons. The van der Waals surface area contributed by atoms with Gasteiger partial charge in [-0.2, -0.15) is 0 Å². The molecule has 4 aromatic rings. The molecule has 0 fully saturated rings. The van der Waals surface area contributed by atoms with Crippen molar-refractivity contribution in [2.24, 2.45) is 0 Å². The van der Waals surface area contributed by atoms with Gasteiger partial charge in [-0.3, -0.25) is 14.2 Å². The Kier molecular flexibility index (Phi) is 6.23. The second-order valence-corrected chi connectivity index (χ2v) is 8.42. The lowest BCUT2D eigenvalue weighted by Gasteiger charge is -2.10. The van der Waals surface area contributed by atoms with Crippen molar-refractivity contribution in [3.05, 3.63) is 75.7 Å². The first-order valence-electron chi connectivity index (χ1n) is 10.2. The Morgan fingerprint density at radius 1 is 1.03 bits per heavy atom. The highest BCUT2D eigenvalue weighted by molar-refractivity contribution is 7.18. The first-order valence-corrected chi connectivity index (χ1v) is 11.0. The molecule has 1 N–H and O–H groups in total. The summed E-state index contributed by atoms with van der Waals surface area (Å²) in [6.07, 6.45) is 1.42. The van der Waals surface area contributed by atoms with E-state index in [1.807, 2.05) is 45.0 Å². The smallest absolute Gasteiger partial charge is 0.262 e. The van der Waals surface area contributed by atoms with Crippen molar-refractivity contribution in [1.82, 2.24) is 9.55 Å². The quantitative estimate of drug-likeness (QED) is 0.434. The fourth-order valence-electron chi connectivity index (χ4n) is 3.25. The van der Waals surface area contributed by atoms with Gasteiger partial charge in [-0.25, -0.2) is 4.98 Å². The van der Waals surface area contributed by atoms with Gasteiger partial charge in [0.1, 0.15) is 28.6 Å². The van der Waals surface area contributed by atoms with Gasteiger partial charge in [0.15, 0.2) is 0 Å². The number of ether oxygens (including phenoxy) is 2. The summed E-state index contributed by atoms with van der Waals surface area (Å²) in [5.41, 5.74) is 1.32. The van der Waals surface area contributed by atoms with Gasteiger partial charge in [0.2, 0.25) is 5.91 Å². The van der Waals surface area contributed by atoms with Crippen LogP contribution in [0.5, 0.6) is 17.2 Å². The Bertz CT molecular complexity index is 1310. The van der Waals surface area contributed by atoms with Gasteiger partial charge in [-0.05, 0) is 74.9 Å². The van der Waals surface area contributed by atoms with Gasteiger partial charge in [0.05, 0.1) is 18.3 Å². The zero-order chi connectivity index (χ0) is 22.7. The van der Waals surface area contributed by atoms with E-state index in [0.29, 0.717) is 34.0 Å². The largest absolute Gasteiger partial charge is 0.494 e. The first-order chi connectivity index (χ1) is 15.4. The molecule has 1 amide bonds. The van der Waals surface area contributed by atoms with Gasteiger partial charge >= 0.3 is 0 Å². The topological polar surface area (TPSA) is 82.4 Å². The van der Waals surface area contributed by atoms with Gasteiger partial charge in [-0.1, -0.05) is 0 Å². The van der Waals surface area contributed by atoms with Crippen LogP contribution in [0, 0.1) is 13.8 Å².